The second-order valence-electron chi connectivity index (χ2n) is 4.02. The van der Waals surface area contributed by atoms with E-state index in [1.54, 1.807) is 17.1 Å². The lowest BCUT2D eigenvalue weighted by atomic mass is 10.2. The van der Waals surface area contributed by atoms with Gasteiger partial charge in [0.05, 0.1) is 6.04 Å². The van der Waals surface area contributed by atoms with Gasteiger partial charge >= 0.3 is 0 Å². The van der Waals surface area contributed by atoms with Gasteiger partial charge in [-0.25, -0.2) is 4.98 Å². The third-order valence-electron chi connectivity index (χ3n) is 2.28. The number of carbonyl (C=O) groups is 1. The molecule has 3 N–H and O–H groups in total. The fourth-order valence-corrected chi connectivity index (χ4v) is 2.61. The molecule has 0 aliphatic heterocycles. The van der Waals surface area contributed by atoms with Crippen LogP contribution in [0.3, 0.4) is 0 Å². The average Bonchev–Trinajstić information content (AvgIpc) is 2.75. The lowest BCUT2D eigenvalue weighted by molar-refractivity contribution is 0.0935. The second kappa shape index (κ2) is 6.98. The molecule has 0 bridgehead atoms. The van der Waals surface area contributed by atoms with E-state index in [4.69, 9.17) is 5.73 Å². The zero-order chi connectivity index (χ0) is 12.8. The summed E-state index contributed by atoms with van der Waals surface area (Å²) in [6.45, 7) is 3.87. The van der Waals surface area contributed by atoms with Crippen LogP contribution in [0, 0.1) is 0 Å². The standard InChI is InChI=1S/C11H19N3OS2/c1-7(4-5-16-3)13-10(15)9-6-17-11(14-9)8(2)12/h6-8H,4-5,12H2,1-3H3,(H,13,15). The lowest BCUT2D eigenvalue weighted by Crippen LogP contribution is -2.33. The molecule has 1 aromatic heterocycles. The molecular weight excluding hydrogens is 254 g/mol. The Morgan fingerprint density at radius 3 is 2.88 bits per heavy atom. The predicted molar refractivity (Wildman–Crippen MR) is 74.6 cm³/mol. The molecule has 0 aliphatic rings. The number of carbonyl (C=O) groups excluding carboxylic acids is 1. The molecule has 2 unspecified atom stereocenters. The van der Waals surface area contributed by atoms with Crippen LogP contribution in [-0.4, -0.2) is 28.9 Å². The van der Waals surface area contributed by atoms with Gasteiger partial charge in [0.2, 0.25) is 0 Å². The van der Waals surface area contributed by atoms with E-state index in [9.17, 15) is 4.79 Å². The number of rotatable bonds is 6. The zero-order valence-corrected chi connectivity index (χ0v) is 12.0. The van der Waals surface area contributed by atoms with E-state index in [0.717, 1.165) is 17.2 Å². The van der Waals surface area contributed by atoms with Crippen molar-refractivity contribution in [2.45, 2.75) is 32.4 Å². The van der Waals surface area contributed by atoms with Crippen molar-refractivity contribution in [2.24, 2.45) is 5.73 Å². The first-order valence-electron chi connectivity index (χ1n) is 5.55. The number of thioether (sulfide) groups is 1. The molecule has 1 aromatic rings. The Hall–Kier alpha value is -0.590. The smallest absolute Gasteiger partial charge is 0.270 e. The highest BCUT2D eigenvalue weighted by atomic mass is 32.2. The van der Waals surface area contributed by atoms with Crippen molar-refractivity contribution in [1.29, 1.82) is 0 Å². The quantitative estimate of drug-likeness (QED) is 0.832. The number of hydrogen-bond acceptors (Lipinski definition) is 5. The number of amides is 1. The fourth-order valence-electron chi connectivity index (χ4n) is 1.27. The van der Waals surface area contributed by atoms with Crippen LogP contribution >= 0.6 is 23.1 Å². The Morgan fingerprint density at radius 1 is 1.65 bits per heavy atom. The first kappa shape index (κ1) is 14.5. The van der Waals surface area contributed by atoms with Crippen LogP contribution in [0.25, 0.3) is 0 Å². The van der Waals surface area contributed by atoms with Gasteiger partial charge in [0.15, 0.2) is 0 Å². The fraction of sp³-hybridized carbons (Fsp3) is 0.636. The maximum absolute atomic E-state index is 11.8. The Balaban J connectivity index is 2.51. The van der Waals surface area contributed by atoms with Crippen molar-refractivity contribution < 1.29 is 4.79 Å². The molecule has 6 heteroatoms. The molecule has 0 aliphatic carbocycles. The van der Waals surface area contributed by atoms with Crippen LogP contribution in [-0.2, 0) is 0 Å². The maximum atomic E-state index is 11.8. The van der Waals surface area contributed by atoms with Crippen LogP contribution in [0.4, 0.5) is 0 Å². The van der Waals surface area contributed by atoms with E-state index in [0.29, 0.717) is 5.69 Å². The summed E-state index contributed by atoms with van der Waals surface area (Å²) in [4.78, 5) is 16.1. The maximum Gasteiger partial charge on any atom is 0.270 e. The monoisotopic (exact) mass is 273 g/mol. The molecule has 1 rings (SSSR count). The minimum atomic E-state index is -0.115. The Morgan fingerprint density at radius 2 is 2.35 bits per heavy atom. The number of thiazole rings is 1. The van der Waals surface area contributed by atoms with Gasteiger partial charge in [0, 0.05) is 11.4 Å². The van der Waals surface area contributed by atoms with E-state index in [2.05, 4.69) is 16.6 Å². The van der Waals surface area contributed by atoms with E-state index in [1.165, 1.54) is 11.3 Å². The summed E-state index contributed by atoms with van der Waals surface area (Å²) >= 11 is 3.21. The predicted octanol–water partition coefficient (Wildman–Crippen LogP) is 2.03. The summed E-state index contributed by atoms with van der Waals surface area (Å²) in [6, 6.07) is 0.0610. The summed E-state index contributed by atoms with van der Waals surface area (Å²) in [7, 11) is 0. The largest absolute Gasteiger partial charge is 0.348 e. The van der Waals surface area contributed by atoms with Gasteiger partial charge in [0.25, 0.3) is 5.91 Å². The van der Waals surface area contributed by atoms with E-state index in [-0.39, 0.29) is 18.0 Å². The molecular formula is C11H19N3OS2. The molecule has 0 aromatic carbocycles. The van der Waals surface area contributed by atoms with Crippen molar-refractivity contribution in [2.75, 3.05) is 12.0 Å². The Bertz CT molecular complexity index is 365. The summed E-state index contributed by atoms with van der Waals surface area (Å²) < 4.78 is 0. The van der Waals surface area contributed by atoms with Gasteiger partial charge in [-0.05, 0) is 32.3 Å². The minimum Gasteiger partial charge on any atom is -0.348 e. The second-order valence-corrected chi connectivity index (χ2v) is 5.89. The topological polar surface area (TPSA) is 68.0 Å². The van der Waals surface area contributed by atoms with Crippen LogP contribution in [0.1, 0.15) is 41.8 Å². The zero-order valence-electron chi connectivity index (χ0n) is 10.4. The summed E-state index contributed by atoms with van der Waals surface area (Å²) in [5, 5.41) is 5.49. The molecule has 0 fully saturated rings. The van der Waals surface area contributed by atoms with Gasteiger partial charge in [-0.3, -0.25) is 4.79 Å². The Kier molecular flexibility index (Phi) is 5.94. The molecule has 17 heavy (non-hydrogen) atoms. The van der Waals surface area contributed by atoms with Crippen molar-refractivity contribution in [3.05, 3.63) is 16.1 Å². The molecule has 4 nitrogen and oxygen atoms in total. The summed E-state index contributed by atoms with van der Waals surface area (Å²) in [5.74, 6) is 0.936. The molecule has 0 radical (unpaired) electrons. The lowest BCUT2D eigenvalue weighted by Gasteiger charge is -2.11. The highest BCUT2D eigenvalue weighted by Gasteiger charge is 2.14. The molecule has 2 atom stereocenters. The number of hydrogen-bond donors (Lipinski definition) is 2. The van der Waals surface area contributed by atoms with Crippen molar-refractivity contribution in [1.82, 2.24) is 10.3 Å². The van der Waals surface area contributed by atoms with Crippen molar-refractivity contribution in [3.8, 4) is 0 Å². The summed E-state index contributed by atoms with van der Waals surface area (Å²) in [5.41, 5.74) is 6.18. The minimum absolute atomic E-state index is 0.109. The highest BCUT2D eigenvalue weighted by molar-refractivity contribution is 7.98. The number of nitrogens with zero attached hydrogens (tertiary/aromatic N) is 1. The Labute approximate surface area is 110 Å². The third kappa shape index (κ3) is 4.65. The van der Waals surface area contributed by atoms with Crippen LogP contribution in [0.5, 0.6) is 0 Å². The first-order valence-corrected chi connectivity index (χ1v) is 7.82. The van der Waals surface area contributed by atoms with Gasteiger partial charge < -0.3 is 11.1 Å². The number of aromatic nitrogens is 1. The van der Waals surface area contributed by atoms with Gasteiger partial charge in [-0.1, -0.05) is 0 Å². The average molecular weight is 273 g/mol. The first-order chi connectivity index (χ1) is 8.04. The normalized spacial score (nSPS) is 14.4. The number of nitrogens with one attached hydrogen (secondary N) is 1. The molecule has 0 saturated carbocycles. The molecule has 0 spiro atoms. The van der Waals surface area contributed by atoms with Gasteiger partial charge in [-0.2, -0.15) is 11.8 Å². The SMILES string of the molecule is CSCCC(C)NC(=O)c1csc(C(C)N)n1. The van der Waals surface area contributed by atoms with E-state index >= 15 is 0 Å². The highest BCUT2D eigenvalue weighted by Crippen LogP contribution is 2.15. The molecule has 1 amide bonds. The van der Waals surface area contributed by atoms with Gasteiger partial charge in [0.1, 0.15) is 10.7 Å². The molecule has 0 saturated heterocycles. The van der Waals surface area contributed by atoms with Crippen molar-refractivity contribution in [3.63, 3.8) is 0 Å². The molecule has 96 valence electrons. The van der Waals surface area contributed by atoms with E-state index < -0.39 is 0 Å². The van der Waals surface area contributed by atoms with E-state index in [1.807, 2.05) is 13.8 Å². The number of nitrogens with two attached hydrogens (primary N) is 1. The van der Waals surface area contributed by atoms with Crippen LogP contribution in [0.2, 0.25) is 0 Å². The van der Waals surface area contributed by atoms with Gasteiger partial charge in [-0.15, -0.1) is 11.3 Å². The third-order valence-corrected chi connectivity index (χ3v) is 3.97. The summed E-state index contributed by atoms with van der Waals surface area (Å²) in [6.07, 6.45) is 3.03. The van der Waals surface area contributed by atoms with Crippen LogP contribution < -0.4 is 11.1 Å². The molecule has 1 heterocycles. The van der Waals surface area contributed by atoms with Crippen LogP contribution in [0.15, 0.2) is 5.38 Å². The van der Waals surface area contributed by atoms with Crippen molar-refractivity contribution >= 4 is 29.0 Å².